The normalized spacial score (nSPS) is 19.2. The van der Waals surface area contributed by atoms with Gasteiger partial charge in [-0.1, -0.05) is 37.6 Å². The predicted octanol–water partition coefficient (Wildman–Crippen LogP) is 5.32. The first-order valence-corrected chi connectivity index (χ1v) is 8.45. The summed E-state index contributed by atoms with van der Waals surface area (Å²) in [6.07, 6.45) is 4.72. The van der Waals surface area contributed by atoms with Gasteiger partial charge in [0.2, 0.25) is 0 Å². The van der Waals surface area contributed by atoms with E-state index < -0.39 is 0 Å². The molecule has 0 aliphatic carbocycles. The fourth-order valence-electron chi connectivity index (χ4n) is 3.67. The molecule has 0 bridgehead atoms. The van der Waals surface area contributed by atoms with Gasteiger partial charge in [0.1, 0.15) is 11.6 Å². The average molecular weight is 315 g/mol. The predicted molar refractivity (Wildman–Crippen MR) is 89.3 cm³/mol. The number of hydrogen-bond acceptors (Lipinski definition) is 1. The van der Waals surface area contributed by atoms with Gasteiger partial charge >= 0.3 is 0 Å². The van der Waals surface area contributed by atoms with Crippen LogP contribution < -0.4 is 0 Å². The Morgan fingerprint density at radius 3 is 1.91 bits per heavy atom. The molecular weight excluding hydrogens is 292 g/mol. The standard InChI is InChI=1S/C20H23F2N/c1-2-19-5-3-4-14-23(19)20(15-6-10-17(21)11-7-15)16-8-12-18(22)13-9-16/h6-13,19-20H,2-5,14H2,1H3/t19-/m0/s1. The minimum absolute atomic E-state index is 0.0569. The SMILES string of the molecule is CC[C@H]1CCCCN1C(c1ccc(F)cc1)c1ccc(F)cc1. The second kappa shape index (κ2) is 7.22. The summed E-state index contributed by atoms with van der Waals surface area (Å²) in [6.45, 7) is 3.24. The van der Waals surface area contributed by atoms with E-state index in [1.165, 1.54) is 43.5 Å². The Morgan fingerprint density at radius 1 is 0.913 bits per heavy atom. The van der Waals surface area contributed by atoms with Gasteiger partial charge in [-0.05, 0) is 61.2 Å². The zero-order chi connectivity index (χ0) is 16.2. The molecule has 0 radical (unpaired) electrons. The van der Waals surface area contributed by atoms with Crippen molar-refractivity contribution in [1.29, 1.82) is 0 Å². The molecule has 1 atom stereocenters. The largest absolute Gasteiger partial charge is 0.289 e. The van der Waals surface area contributed by atoms with Crippen LogP contribution in [0.15, 0.2) is 48.5 Å². The van der Waals surface area contributed by atoms with Crippen LogP contribution in [0.4, 0.5) is 8.78 Å². The Hall–Kier alpha value is -1.74. The summed E-state index contributed by atoms with van der Waals surface area (Å²) in [7, 11) is 0. The van der Waals surface area contributed by atoms with Crippen molar-refractivity contribution < 1.29 is 8.78 Å². The summed E-state index contributed by atoms with van der Waals surface area (Å²) in [5.74, 6) is -0.449. The minimum atomic E-state index is -0.225. The molecule has 0 N–H and O–H groups in total. The summed E-state index contributed by atoms with van der Waals surface area (Å²) in [5.41, 5.74) is 2.14. The Bertz CT molecular complexity index is 576. The van der Waals surface area contributed by atoms with Gasteiger partial charge in [0, 0.05) is 6.04 Å². The molecule has 1 aliphatic rings. The second-order valence-electron chi connectivity index (χ2n) is 6.30. The van der Waals surface area contributed by atoms with Crippen LogP contribution in [0.1, 0.15) is 49.8 Å². The van der Waals surface area contributed by atoms with Crippen LogP contribution in [-0.2, 0) is 0 Å². The maximum Gasteiger partial charge on any atom is 0.123 e. The van der Waals surface area contributed by atoms with Gasteiger partial charge in [0.25, 0.3) is 0 Å². The first kappa shape index (κ1) is 16.1. The van der Waals surface area contributed by atoms with Gasteiger partial charge in [-0.15, -0.1) is 0 Å². The first-order valence-electron chi connectivity index (χ1n) is 8.45. The van der Waals surface area contributed by atoms with Crippen molar-refractivity contribution in [3.05, 3.63) is 71.3 Å². The summed E-state index contributed by atoms with van der Waals surface area (Å²) >= 11 is 0. The highest BCUT2D eigenvalue weighted by molar-refractivity contribution is 5.32. The molecule has 1 nitrogen and oxygen atoms in total. The van der Waals surface area contributed by atoms with Crippen LogP contribution >= 0.6 is 0 Å². The van der Waals surface area contributed by atoms with E-state index in [1.54, 1.807) is 0 Å². The van der Waals surface area contributed by atoms with E-state index in [4.69, 9.17) is 0 Å². The van der Waals surface area contributed by atoms with Crippen LogP contribution in [0.2, 0.25) is 0 Å². The number of likely N-dealkylation sites (tertiary alicyclic amines) is 1. The smallest absolute Gasteiger partial charge is 0.123 e. The first-order chi connectivity index (χ1) is 11.2. The number of rotatable bonds is 4. The monoisotopic (exact) mass is 315 g/mol. The van der Waals surface area contributed by atoms with E-state index in [9.17, 15) is 8.78 Å². The van der Waals surface area contributed by atoms with Gasteiger partial charge in [-0.3, -0.25) is 4.90 Å². The molecule has 2 aromatic rings. The van der Waals surface area contributed by atoms with Crippen LogP contribution in [0.5, 0.6) is 0 Å². The summed E-state index contributed by atoms with van der Waals surface area (Å²) in [5, 5.41) is 0. The van der Waals surface area contributed by atoms with Crippen LogP contribution in [0.3, 0.4) is 0 Å². The molecule has 0 saturated carbocycles. The Kier molecular flexibility index (Phi) is 5.06. The number of nitrogens with zero attached hydrogens (tertiary/aromatic N) is 1. The lowest BCUT2D eigenvalue weighted by molar-refractivity contribution is 0.110. The molecule has 0 amide bonds. The van der Waals surface area contributed by atoms with E-state index in [0.717, 1.165) is 24.1 Å². The summed E-state index contributed by atoms with van der Waals surface area (Å²) < 4.78 is 26.7. The fraction of sp³-hybridized carbons (Fsp3) is 0.400. The van der Waals surface area contributed by atoms with Crippen molar-refractivity contribution >= 4 is 0 Å². The molecule has 23 heavy (non-hydrogen) atoms. The molecular formula is C20H23F2N. The summed E-state index contributed by atoms with van der Waals surface area (Å²) in [4.78, 5) is 2.50. The molecule has 0 aromatic heterocycles. The zero-order valence-electron chi connectivity index (χ0n) is 13.5. The molecule has 1 fully saturated rings. The Balaban J connectivity index is 2.01. The highest BCUT2D eigenvalue weighted by atomic mass is 19.1. The van der Waals surface area contributed by atoms with E-state index in [-0.39, 0.29) is 17.7 Å². The van der Waals surface area contributed by atoms with Crippen molar-refractivity contribution in [2.24, 2.45) is 0 Å². The zero-order valence-corrected chi connectivity index (χ0v) is 13.5. The van der Waals surface area contributed by atoms with E-state index in [0.29, 0.717) is 6.04 Å². The Morgan fingerprint density at radius 2 is 1.43 bits per heavy atom. The number of hydrogen-bond donors (Lipinski definition) is 0. The van der Waals surface area contributed by atoms with Crippen molar-refractivity contribution in [3.8, 4) is 0 Å². The third-order valence-electron chi connectivity index (χ3n) is 4.85. The number of piperidine rings is 1. The lowest BCUT2D eigenvalue weighted by Crippen LogP contribution is -2.42. The van der Waals surface area contributed by atoms with E-state index in [1.807, 2.05) is 24.3 Å². The molecule has 3 rings (SSSR count). The second-order valence-corrected chi connectivity index (χ2v) is 6.30. The quantitative estimate of drug-likeness (QED) is 0.738. The van der Waals surface area contributed by atoms with Crippen LogP contribution in [0, 0.1) is 11.6 Å². The van der Waals surface area contributed by atoms with Gasteiger partial charge in [-0.2, -0.15) is 0 Å². The molecule has 3 heteroatoms. The van der Waals surface area contributed by atoms with Crippen LogP contribution in [0.25, 0.3) is 0 Å². The van der Waals surface area contributed by atoms with Crippen molar-refractivity contribution in [1.82, 2.24) is 4.90 Å². The fourth-order valence-corrected chi connectivity index (χ4v) is 3.67. The van der Waals surface area contributed by atoms with E-state index in [2.05, 4.69) is 11.8 Å². The third-order valence-corrected chi connectivity index (χ3v) is 4.85. The molecule has 1 saturated heterocycles. The van der Waals surface area contributed by atoms with Gasteiger partial charge in [-0.25, -0.2) is 8.78 Å². The number of halogens is 2. The lowest BCUT2D eigenvalue weighted by atomic mass is 9.91. The third kappa shape index (κ3) is 3.61. The molecule has 122 valence electrons. The molecule has 0 unspecified atom stereocenters. The topological polar surface area (TPSA) is 3.24 Å². The maximum absolute atomic E-state index is 13.3. The molecule has 1 heterocycles. The van der Waals surface area contributed by atoms with Crippen molar-refractivity contribution in [2.75, 3.05) is 6.54 Å². The highest BCUT2D eigenvalue weighted by Gasteiger charge is 2.30. The Labute approximate surface area is 136 Å². The summed E-state index contributed by atoms with van der Waals surface area (Å²) in [6, 6.07) is 14.0. The lowest BCUT2D eigenvalue weighted by Gasteiger charge is -2.41. The van der Waals surface area contributed by atoms with Crippen molar-refractivity contribution in [3.63, 3.8) is 0 Å². The average Bonchev–Trinajstić information content (AvgIpc) is 2.59. The minimum Gasteiger partial charge on any atom is -0.289 e. The van der Waals surface area contributed by atoms with Gasteiger partial charge in [0.05, 0.1) is 6.04 Å². The molecule has 0 spiro atoms. The molecule has 2 aromatic carbocycles. The van der Waals surface area contributed by atoms with Gasteiger partial charge in [0.15, 0.2) is 0 Å². The van der Waals surface area contributed by atoms with Crippen LogP contribution in [-0.4, -0.2) is 17.5 Å². The molecule has 1 aliphatic heterocycles. The van der Waals surface area contributed by atoms with Gasteiger partial charge < -0.3 is 0 Å². The maximum atomic E-state index is 13.3. The highest BCUT2D eigenvalue weighted by Crippen LogP contribution is 2.35. The van der Waals surface area contributed by atoms with E-state index >= 15 is 0 Å². The van der Waals surface area contributed by atoms with Crippen molar-refractivity contribution in [2.45, 2.75) is 44.7 Å². The number of benzene rings is 2.